The van der Waals surface area contributed by atoms with Crippen LogP contribution in [-0.2, 0) is 9.59 Å². The number of rotatable bonds is 2. The molecule has 1 N–H and O–H groups in total. The number of nitrogens with one attached hydrogen (secondary N) is 1. The lowest BCUT2D eigenvalue weighted by molar-refractivity contribution is -0.149. The molecule has 2 amide bonds. The molecule has 1 saturated heterocycles. The highest BCUT2D eigenvalue weighted by molar-refractivity contribution is 5.95. The molecule has 1 aliphatic rings. The van der Waals surface area contributed by atoms with Crippen LogP contribution in [0.25, 0.3) is 0 Å². The molecule has 1 aromatic rings. The number of hydrogen-bond donors (Lipinski definition) is 1. The molecule has 0 saturated carbocycles. The molecule has 114 valence electrons. The topological polar surface area (TPSA) is 49.4 Å². The first-order chi connectivity index (χ1) is 9.70. The Morgan fingerprint density at radius 1 is 1.33 bits per heavy atom. The molecule has 0 spiro atoms. The van der Waals surface area contributed by atoms with E-state index in [0.717, 1.165) is 0 Å². The van der Waals surface area contributed by atoms with Gasteiger partial charge in [-0.25, -0.2) is 4.39 Å². The van der Waals surface area contributed by atoms with Crippen molar-refractivity contribution in [2.45, 2.75) is 39.8 Å². The van der Waals surface area contributed by atoms with E-state index in [9.17, 15) is 14.0 Å². The van der Waals surface area contributed by atoms with Crippen molar-refractivity contribution in [2.75, 3.05) is 6.54 Å². The highest BCUT2D eigenvalue weighted by Crippen LogP contribution is 2.28. The van der Waals surface area contributed by atoms with E-state index in [1.807, 2.05) is 27.7 Å². The van der Waals surface area contributed by atoms with Crippen molar-refractivity contribution in [3.8, 4) is 0 Å². The first-order valence-electron chi connectivity index (χ1n) is 7.05. The maximum absolute atomic E-state index is 13.4. The lowest BCUT2D eigenvalue weighted by atomic mass is 9.84. The molecule has 2 unspecified atom stereocenters. The van der Waals surface area contributed by atoms with Crippen LogP contribution in [0.2, 0.25) is 0 Å². The lowest BCUT2D eigenvalue weighted by Crippen LogP contribution is -2.62. The van der Waals surface area contributed by atoms with E-state index >= 15 is 0 Å². The lowest BCUT2D eigenvalue weighted by Gasteiger charge is -2.41. The normalized spacial score (nSPS) is 21.2. The number of carbonyl (C=O) groups is 2. The Kier molecular flexibility index (Phi) is 4.03. The van der Waals surface area contributed by atoms with Crippen molar-refractivity contribution in [3.05, 3.63) is 35.6 Å². The van der Waals surface area contributed by atoms with E-state index in [-0.39, 0.29) is 35.6 Å². The molecular formula is C16H21FN2O2. The van der Waals surface area contributed by atoms with Crippen molar-refractivity contribution in [1.82, 2.24) is 10.2 Å². The maximum atomic E-state index is 13.4. The molecule has 0 bridgehead atoms. The van der Waals surface area contributed by atoms with E-state index in [1.54, 1.807) is 12.1 Å². The van der Waals surface area contributed by atoms with Gasteiger partial charge in [0.1, 0.15) is 18.4 Å². The monoisotopic (exact) mass is 292 g/mol. The highest BCUT2D eigenvalue weighted by atomic mass is 19.1. The molecule has 1 aliphatic heterocycles. The zero-order chi connectivity index (χ0) is 15.8. The Labute approximate surface area is 124 Å². The van der Waals surface area contributed by atoms with E-state index in [2.05, 4.69) is 5.32 Å². The second kappa shape index (κ2) is 5.47. The van der Waals surface area contributed by atoms with E-state index < -0.39 is 6.04 Å². The van der Waals surface area contributed by atoms with Gasteiger partial charge < -0.3 is 10.2 Å². The highest BCUT2D eigenvalue weighted by Gasteiger charge is 2.41. The fourth-order valence-electron chi connectivity index (χ4n) is 2.53. The molecule has 1 heterocycles. The molecule has 2 rings (SSSR count). The van der Waals surface area contributed by atoms with Crippen LogP contribution < -0.4 is 5.32 Å². The SMILES string of the molecule is CC(c1cccc(F)c1)N1CC(=O)NC(C(C)(C)C)C1=O. The minimum Gasteiger partial charge on any atom is -0.342 e. The predicted molar refractivity (Wildman–Crippen MR) is 77.9 cm³/mol. The number of halogens is 1. The Morgan fingerprint density at radius 3 is 2.57 bits per heavy atom. The van der Waals surface area contributed by atoms with Crippen LogP contribution in [0.15, 0.2) is 24.3 Å². The Balaban J connectivity index is 2.29. The number of piperazine rings is 1. The van der Waals surface area contributed by atoms with E-state index in [4.69, 9.17) is 0 Å². The average Bonchev–Trinajstić information content (AvgIpc) is 2.39. The summed E-state index contributed by atoms with van der Waals surface area (Å²) in [5, 5.41) is 2.75. The van der Waals surface area contributed by atoms with Crippen molar-refractivity contribution in [3.63, 3.8) is 0 Å². The molecule has 2 atom stereocenters. The molecule has 0 radical (unpaired) electrons. The quantitative estimate of drug-likeness (QED) is 0.909. The number of nitrogens with zero attached hydrogens (tertiary/aromatic N) is 1. The molecule has 0 aliphatic carbocycles. The van der Waals surface area contributed by atoms with Crippen molar-refractivity contribution in [1.29, 1.82) is 0 Å². The zero-order valence-corrected chi connectivity index (χ0v) is 12.8. The van der Waals surface area contributed by atoms with Crippen molar-refractivity contribution >= 4 is 11.8 Å². The fraction of sp³-hybridized carbons (Fsp3) is 0.500. The third-order valence-electron chi connectivity index (χ3n) is 3.81. The first-order valence-corrected chi connectivity index (χ1v) is 7.05. The van der Waals surface area contributed by atoms with Crippen molar-refractivity contribution < 1.29 is 14.0 Å². The minimum atomic E-state index is -0.560. The molecule has 1 fully saturated rings. The van der Waals surface area contributed by atoms with Crippen LogP contribution in [0, 0.1) is 11.2 Å². The summed E-state index contributed by atoms with van der Waals surface area (Å²) in [7, 11) is 0. The summed E-state index contributed by atoms with van der Waals surface area (Å²) in [4.78, 5) is 26.1. The van der Waals surface area contributed by atoms with Crippen LogP contribution >= 0.6 is 0 Å². The summed E-state index contributed by atoms with van der Waals surface area (Å²) >= 11 is 0. The van der Waals surface area contributed by atoms with Gasteiger partial charge in [0.15, 0.2) is 0 Å². The molecule has 0 aromatic heterocycles. The van der Waals surface area contributed by atoms with Gasteiger partial charge in [-0.1, -0.05) is 32.9 Å². The minimum absolute atomic E-state index is 0.00307. The van der Waals surface area contributed by atoms with Gasteiger partial charge >= 0.3 is 0 Å². The third kappa shape index (κ3) is 3.23. The van der Waals surface area contributed by atoms with E-state index in [0.29, 0.717) is 5.56 Å². The first kappa shape index (κ1) is 15.5. The van der Waals surface area contributed by atoms with Gasteiger partial charge in [-0.2, -0.15) is 0 Å². The number of hydrogen-bond acceptors (Lipinski definition) is 2. The number of carbonyl (C=O) groups excluding carboxylic acids is 2. The van der Waals surface area contributed by atoms with Crippen molar-refractivity contribution in [2.24, 2.45) is 5.41 Å². The standard InChI is InChI=1S/C16H21FN2O2/c1-10(11-6-5-7-12(17)8-11)19-9-13(20)18-14(15(19)21)16(2,3)4/h5-8,10,14H,9H2,1-4H3,(H,18,20). The summed E-state index contributed by atoms with van der Waals surface area (Å²) in [5.41, 5.74) is 0.318. The van der Waals surface area contributed by atoms with E-state index in [1.165, 1.54) is 17.0 Å². The summed E-state index contributed by atoms with van der Waals surface area (Å²) in [6.07, 6.45) is 0. The fourth-order valence-corrected chi connectivity index (χ4v) is 2.53. The van der Waals surface area contributed by atoms with Gasteiger partial charge in [0.2, 0.25) is 11.8 Å². The molecule has 4 nitrogen and oxygen atoms in total. The average molecular weight is 292 g/mol. The van der Waals surface area contributed by atoms with Crippen LogP contribution in [-0.4, -0.2) is 29.3 Å². The smallest absolute Gasteiger partial charge is 0.246 e. The van der Waals surface area contributed by atoms with Gasteiger partial charge in [-0.05, 0) is 30.0 Å². The van der Waals surface area contributed by atoms with Crippen LogP contribution in [0.5, 0.6) is 0 Å². The van der Waals surface area contributed by atoms with Gasteiger partial charge in [0.25, 0.3) is 0 Å². The second-order valence-electron chi connectivity index (χ2n) is 6.56. The number of benzene rings is 1. The molecule has 21 heavy (non-hydrogen) atoms. The number of amides is 2. The van der Waals surface area contributed by atoms with Gasteiger partial charge in [-0.3, -0.25) is 9.59 Å². The van der Waals surface area contributed by atoms with Gasteiger partial charge in [0, 0.05) is 0 Å². The summed E-state index contributed by atoms with van der Waals surface area (Å²) < 4.78 is 13.4. The third-order valence-corrected chi connectivity index (χ3v) is 3.81. The Morgan fingerprint density at radius 2 is 2.00 bits per heavy atom. The molecular weight excluding hydrogens is 271 g/mol. The van der Waals surface area contributed by atoms with Gasteiger partial charge in [-0.15, -0.1) is 0 Å². The van der Waals surface area contributed by atoms with Crippen LogP contribution in [0.4, 0.5) is 4.39 Å². The molecule has 5 heteroatoms. The van der Waals surface area contributed by atoms with Gasteiger partial charge in [0.05, 0.1) is 6.04 Å². The van der Waals surface area contributed by atoms with Crippen LogP contribution in [0.3, 0.4) is 0 Å². The van der Waals surface area contributed by atoms with Crippen LogP contribution in [0.1, 0.15) is 39.3 Å². The summed E-state index contributed by atoms with van der Waals surface area (Å²) in [5.74, 6) is -0.655. The second-order valence-corrected chi connectivity index (χ2v) is 6.56. The Bertz CT molecular complexity index is 566. The summed E-state index contributed by atoms with van der Waals surface area (Å²) in [6.45, 7) is 7.54. The maximum Gasteiger partial charge on any atom is 0.246 e. The largest absolute Gasteiger partial charge is 0.342 e. The predicted octanol–water partition coefficient (Wildman–Crippen LogP) is 2.26. The summed E-state index contributed by atoms with van der Waals surface area (Å²) in [6, 6.07) is 5.23. The molecule has 1 aromatic carbocycles. The zero-order valence-electron chi connectivity index (χ0n) is 12.8. The Hall–Kier alpha value is -1.91.